The van der Waals surface area contributed by atoms with Crippen LogP contribution in [0.5, 0.6) is 17.2 Å². The highest BCUT2D eigenvalue weighted by Gasteiger charge is 2.42. The van der Waals surface area contributed by atoms with E-state index in [9.17, 15) is 9.59 Å². The van der Waals surface area contributed by atoms with Gasteiger partial charge in [-0.1, -0.05) is 0 Å². The topological polar surface area (TPSA) is 83.5 Å². The van der Waals surface area contributed by atoms with E-state index in [0.717, 1.165) is 0 Å². The molecular weight excluding hydrogens is 330 g/mol. The molecule has 2 atom stereocenters. The molecule has 1 aromatic rings. The minimum atomic E-state index is -0.784. The van der Waals surface area contributed by atoms with Crippen LogP contribution in [0.15, 0.2) is 12.1 Å². The van der Waals surface area contributed by atoms with E-state index in [1.54, 1.807) is 12.1 Å². The Morgan fingerprint density at radius 1 is 1.08 bits per heavy atom. The van der Waals surface area contributed by atoms with Crippen LogP contribution in [0.2, 0.25) is 0 Å². The number of methoxy groups -OCH3 is 5. The second kappa shape index (κ2) is 8.06. The summed E-state index contributed by atoms with van der Waals surface area (Å²) in [4.78, 5) is 25.8. The van der Waals surface area contributed by atoms with Gasteiger partial charge in [0, 0.05) is 19.1 Å². The number of amides is 1. The van der Waals surface area contributed by atoms with Crippen molar-refractivity contribution in [3.63, 3.8) is 0 Å². The summed E-state index contributed by atoms with van der Waals surface area (Å²) in [5.41, 5.74) is 0.598. The number of ether oxygens (including phenoxy) is 5. The molecule has 0 radical (unpaired) electrons. The Morgan fingerprint density at radius 3 is 2.12 bits per heavy atom. The van der Waals surface area contributed by atoms with E-state index in [1.807, 2.05) is 0 Å². The maximum Gasteiger partial charge on any atom is 0.328 e. The van der Waals surface area contributed by atoms with Crippen LogP contribution < -0.4 is 14.2 Å². The van der Waals surface area contributed by atoms with Gasteiger partial charge in [-0.25, -0.2) is 4.79 Å². The second-order valence-electron chi connectivity index (χ2n) is 5.43. The number of likely N-dealkylation sites (tertiary alicyclic amines) is 1. The molecule has 0 bridgehead atoms. The van der Waals surface area contributed by atoms with E-state index in [2.05, 4.69) is 0 Å². The van der Waals surface area contributed by atoms with Crippen molar-refractivity contribution in [3.05, 3.63) is 17.7 Å². The van der Waals surface area contributed by atoms with Crippen LogP contribution in [0, 0.1) is 0 Å². The van der Waals surface area contributed by atoms with Crippen molar-refractivity contribution in [2.75, 3.05) is 35.5 Å². The molecule has 1 amide bonds. The fourth-order valence-corrected chi connectivity index (χ4v) is 3.02. The highest BCUT2D eigenvalue weighted by molar-refractivity contribution is 5.88. The maximum absolute atomic E-state index is 12.4. The lowest BCUT2D eigenvalue weighted by Gasteiger charge is -2.31. The Balaban J connectivity index is 2.49. The summed E-state index contributed by atoms with van der Waals surface area (Å²) in [6, 6.07) is 2.69. The predicted molar refractivity (Wildman–Crippen MR) is 87.7 cm³/mol. The van der Waals surface area contributed by atoms with E-state index in [1.165, 1.54) is 40.4 Å². The number of carbonyl (C=O) groups excluding carboxylic acids is 2. The summed E-state index contributed by atoms with van der Waals surface area (Å²) in [5, 5.41) is 0. The molecule has 1 fully saturated rings. The molecule has 138 valence electrons. The molecule has 2 unspecified atom stereocenters. The van der Waals surface area contributed by atoms with E-state index >= 15 is 0 Å². The third kappa shape index (κ3) is 3.48. The molecule has 0 spiro atoms. The van der Waals surface area contributed by atoms with Crippen LogP contribution in [-0.2, 0) is 19.1 Å². The van der Waals surface area contributed by atoms with Gasteiger partial charge in [0.25, 0.3) is 0 Å². The minimum Gasteiger partial charge on any atom is -0.493 e. The lowest BCUT2D eigenvalue weighted by molar-refractivity contribution is -0.159. The van der Waals surface area contributed by atoms with Gasteiger partial charge in [0.05, 0.1) is 28.4 Å². The molecule has 0 aromatic heterocycles. The van der Waals surface area contributed by atoms with Gasteiger partial charge in [-0.3, -0.25) is 9.69 Å². The van der Waals surface area contributed by atoms with E-state index in [-0.39, 0.29) is 12.3 Å². The lowest BCUT2D eigenvalue weighted by atomic mass is 10.1. The minimum absolute atomic E-state index is 0.184. The zero-order valence-corrected chi connectivity index (χ0v) is 15.0. The summed E-state index contributed by atoms with van der Waals surface area (Å²) in [6.07, 6.45) is -0.146. The van der Waals surface area contributed by atoms with Crippen molar-refractivity contribution in [2.24, 2.45) is 0 Å². The van der Waals surface area contributed by atoms with Crippen molar-refractivity contribution in [3.8, 4) is 17.2 Å². The fraction of sp³-hybridized carbons (Fsp3) is 0.529. The van der Waals surface area contributed by atoms with Crippen molar-refractivity contribution in [1.29, 1.82) is 0 Å². The molecule has 0 N–H and O–H groups in total. The van der Waals surface area contributed by atoms with Crippen LogP contribution in [0.4, 0.5) is 0 Å². The Bertz CT molecular complexity index is 621. The highest BCUT2D eigenvalue weighted by atomic mass is 16.5. The Kier molecular flexibility index (Phi) is 6.08. The number of rotatable bonds is 7. The van der Waals surface area contributed by atoms with E-state index in [4.69, 9.17) is 23.7 Å². The van der Waals surface area contributed by atoms with Crippen molar-refractivity contribution in [1.82, 2.24) is 4.90 Å². The number of carbonyl (C=O) groups is 2. The number of benzene rings is 1. The van der Waals surface area contributed by atoms with Gasteiger partial charge < -0.3 is 23.7 Å². The zero-order chi connectivity index (χ0) is 18.6. The van der Waals surface area contributed by atoms with Gasteiger partial charge in [0.1, 0.15) is 6.04 Å². The monoisotopic (exact) mass is 353 g/mol. The second-order valence-corrected chi connectivity index (χ2v) is 5.43. The molecule has 2 rings (SSSR count). The van der Waals surface area contributed by atoms with Crippen molar-refractivity contribution in [2.45, 2.75) is 25.1 Å². The van der Waals surface area contributed by atoms with Gasteiger partial charge >= 0.3 is 5.97 Å². The Labute approximate surface area is 146 Å². The molecule has 1 aliphatic rings. The number of nitrogens with zero attached hydrogens (tertiary/aromatic N) is 1. The largest absolute Gasteiger partial charge is 0.493 e. The average Bonchev–Trinajstić information content (AvgIpc) is 3.02. The quantitative estimate of drug-likeness (QED) is 0.687. The standard InChI is InChI=1S/C17H23NO7/c1-21-12-8-10(9-13(22-2)15(12)23-3)16(24-4)18-11(17(20)25-5)6-7-14(18)19/h8-9,11,16H,6-7H2,1-5H3. The number of hydrogen-bond donors (Lipinski definition) is 0. The maximum atomic E-state index is 12.4. The first kappa shape index (κ1) is 18.9. The van der Waals surface area contributed by atoms with Gasteiger partial charge in [0.15, 0.2) is 17.7 Å². The van der Waals surface area contributed by atoms with Gasteiger partial charge in [0.2, 0.25) is 11.7 Å². The lowest BCUT2D eigenvalue weighted by Crippen LogP contribution is -2.42. The molecule has 8 heteroatoms. The predicted octanol–water partition coefficient (Wildman–Crippen LogP) is 1.52. The summed E-state index contributed by atoms with van der Waals surface area (Å²) in [7, 11) is 7.27. The molecule has 1 aromatic carbocycles. The first-order chi connectivity index (χ1) is 12.0. The third-order valence-electron chi connectivity index (χ3n) is 4.18. The first-order valence-corrected chi connectivity index (χ1v) is 7.74. The van der Waals surface area contributed by atoms with E-state index in [0.29, 0.717) is 29.2 Å². The SMILES string of the molecule is COC(=O)C1CCC(=O)N1C(OC)c1cc(OC)c(OC)c(OC)c1. The van der Waals surface area contributed by atoms with Crippen LogP contribution in [0.1, 0.15) is 24.6 Å². The molecule has 8 nitrogen and oxygen atoms in total. The van der Waals surface area contributed by atoms with Crippen molar-refractivity contribution < 1.29 is 33.3 Å². The first-order valence-electron chi connectivity index (χ1n) is 7.74. The highest BCUT2D eigenvalue weighted by Crippen LogP contribution is 2.42. The van der Waals surface area contributed by atoms with Crippen LogP contribution in [0.25, 0.3) is 0 Å². The molecule has 1 saturated heterocycles. The fourth-order valence-electron chi connectivity index (χ4n) is 3.02. The Hall–Kier alpha value is -2.48. The van der Waals surface area contributed by atoms with Gasteiger partial charge in [-0.2, -0.15) is 0 Å². The summed E-state index contributed by atoms with van der Waals surface area (Å²) in [5.74, 6) is 0.637. The van der Waals surface area contributed by atoms with Gasteiger partial charge in [-0.05, 0) is 18.6 Å². The summed E-state index contributed by atoms with van der Waals surface area (Å²) < 4.78 is 26.3. The van der Waals surface area contributed by atoms with Crippen LogP contribution >= 0.6 is 0 Å². The summed E-state index contributed by atoms with van der Waals surface area (Å²) in [6.45, 7) is 0. The molecule has 25 heavy (non-hydrogen) atoms. The molecule has 0 saturated carbocycles. The average molecular weight is 353 g/mol. The van der Waals surface area contributed by atoms with Gasteiger partial charge in [-0.15, -0.1) is 0 Å². The smallest absolute Gasteiger partial charge is 0.328 e. The van der Waals surface area contributed by atoms with Crippen LogP contribution in [0.3, 0.4) is 0 Å². The van der Waals surface area contributed by atoms with Crippen molar-refractivity contribution >= 4 is 11.9 Å². The number of hydrogen-bond acceptors (Lipinski definition) is 7. The molecule has 0 aliphatic carbocycles. The normalized spacial score (nSPS) is 18.0. The summed E-state index contributed by atoms with van der Waals surface area (Å²) >= 11 is 0. The molecule has 1 aliphatic heterocycles. The Morgan fingerprint density at radius 2 is 1.68 bits per heavy atom. The zero-order valence-electron chi connectivity index (χ0n) is 15.0. The van der Waals surface area contributed by atoms with Crippen LogP contribution in [-0.4, -0.2) is 58.4 Å². The van der Waals surface area contributed by atoms with E-state index < -0.39 is 18.2 Å². The molecule has 1 heterocycles. The molecular formula is C17H23NO7. The number of esters is 1. The third-order valence-corrected chi connectivity index (χ3v) is 4.18.